The van der Waals surface area contributed by atoms with Gasteiger partial charge in [-0.3, -0.25) is 34.9 Å². The zero-order valence-corrected chi connectivity index (χ0v) is 70.7. The molecule has 0 radical (unpaired) electrons. The lowest BCUT2D eigenvalue weighted by atomic mass is 10.1. The van der Waals surface area contributed by atoms with E-state index in [0.717, 1.165) is 50.2 Å². The number of nitrogens with zero attached hydrogens (tertiary/aromatic N) is 21. The Morgan fingerprint density at radius 3 is 0.888 bits per heavy atom. The van der Waals surface area contributed by atoms with E-state index in [1.165, 1.54) is 63.1 Å². The number of anilines is 16. The summed E-state index contributed by atoms with van der Waals surface area (Å²) in [6, 6.07) is 49.6. The molecule has 4 aliphatic rings. The van der Waals surface area contributed by atoms with Crippen molar-refractivity contribution in [1.82, 2.24) is 85.4 Å². The fourth-order valence-corrected chi connectivity index (χ4v) is 14.2. The fourth-order valence-electron chi connectivity index (χ4n) is 14.2. The average molecular weight is 1840 g/mol. The van der Waals surface area contributed by atoms with Gasteiger partial charge in [0.2, 0.25) is 23.8 Å². The number of alkyl halides is 12. The molecule has 0 bridgehead atoms. The maximum absolute atomic E-state index is 13.7. The summed E-state index contributed by atoms with van der Waals surface area (Å²) in [7, 11) is 0. The quantitative estimate of drug-likeness (QED) is 0.0349. The van der Waals surface area contributed by atoms with Gasteiger partial charge in [0.15, 0.2) is 29.1 Å². The first-order valence-electron chi connectivity index (χ1n) is 40.7. The molecule has 8 aromatic heterocycles. The standard InChI is InChI=1S/2C24H20F3N7O.C23H19F3N8O.C18H16F3N7O/c1-15-2-6-19(7-3-15)33-13-18-10-28-22(29-14-24(25,26)27)32-21(18)34(23(33)35)20-8-4-16(5-9-20)17-11-30-31-12-17;1-15-2-6-18(7-3-15)33-12-17-10-29-22(30-13-24(25,26)27)32-21(17)34(23(33)35)19-8-4-16(5-9-19)20-11-28-14-31-20;1-14-2-6-17(7-3-14)33-11-16-10-27-21(28-12-23(24,25)26)31-20(16)34(22(33)35)18-8-4-15(5-9-18)19-29-13-30-32-19;1-11-2-4-13(5-3-11)27-9-12-6-22-16(23-10-18(19,20)21)26-15(12)28(17(27)29)14-7-24-25-8-14/h2-12H,13-14H2,1H3,(H,30,31)(H,28,29,32);2-11,14H,12-13H2,1H3,(H,28,31)(H,29,30,32);2-10,13H,11-12H2,1H3,(H,27,28,31)(H,29,30,32);2-8H,9-10H2,1H3,(H,24,25)(H,22,23,26). The third-order valence-electron chi connectivity index (χ3n) is 20.8. The van der Waals surface area contributed by atoms with Crippen LogP contribution in [-0.2, 0) is 26.2 Å². The van der Waals surface area contributed by atoms with Gasteiger partial charge in [-0.15, -0.1) is 0 Å². The molecule has 0 unspecified atom stereocenters. The van der Waals surface area contributed by atoms with E-state index in [2.05, 4.69) is 107 Å². The first kappa shape index (κ1) is 90.4. The van der Waals surface area contributed by atoms with Crippen LogP contribution in [0.15, 0.2) is 238 Å². The molecule has 12 heterocycles. The van der Waals surface area contributed by atoms with Crippen molar-refractivity contribution in [2.75, 3.05) is 86.6 Å². The summed E-state index contributed by atoms with van der Waals surface area (Å²) in [5.74, 6) is 0.581. The first-order valence-corrected chi connectivity index (χ1v) is 40.7. The number of carbonyl (C=O) groups is 4. The number of hydrogen-bond donors (Lipinski definition) is 8. The zero-order valence-electron chi connectivity index (χ0n) is 70.7. The Balaban J connectivity index is 0.000000130. The van der Waals surface area contributed by atoms with Crippen molar-refractivity contribution >= 4 is 117 Å². The number of amides is 8. The minimum absolute atomic E-state index is 0.170. The number of imidazole rings is 1. The summed E-state index contributed by atoms with van der Waals surface area (Å²) in [5, 5.41) is 28.5. The van der Waals surface area contributed by atoms with Gasteiger partial charge >= 0.3 is 48.8 Å². The zero-order chi connectivity index (χ0) is 94.3. The van der Waals surface area contributed by atoms with Crippen LogP contribution in [0.2, 0.25) is 0 Å². The summed E-state index contributed by atoms with van der Waals surface area (Å²) < 4.78 is 152. The van der Waals surface area contributed by atoms with Crippen molar-refractivity contribution < 1.29 is 71.9 Å². The molecule has 0 saturated heterocycles. The van der Waals surface area contributed by atoms with Gasteiger partial charge in [0.1, 0.15) is 32.5 Å². The molecule has 8 amide bonds. The lowest BCUT2D eigenvalue weighted by molar-refractivity contribution is -0.116. The lowest BCUT2D eigenvalue weighted by Crippen LogP contribution is -2.45. The van der Waals surface area contributed by atoms with Crippen LogP contribution in [0.3, 0.4) is 0 Å². The maximum atomic E-state index is 13.7. The second-order valence-electron chi connectivity index (χ2n) is 30.6. The van der Waals surface area contributed by atoms with Gasteiger partial charge in [0.25, 0.3) is 0 Å². The molecule has 19 rings (SSSR count). The lowest BCUT2D eigenvalue weighted by Gasteiger charge is -2.36. The smallest absolute Gasteiger partial charge is 0.345 e. The Labute approximate surface area is 752 Å². The van der Waals surface area contributed by atoms with Crippen molar-refractivity contribution in [1.29, 1.82) is 0 Å². The predicted molar refractivity (Wildman–Crippen MR) is 474 cm³/mol. The summed E-state index contributed by atoms with van der Waals surface area (Å²) in [4.78, 5) is 110. The Hall–Kier alpha value is -16.9. The summed E-state index contributed by atoms with van der Waals surface area (Å²) in [6.45, 7) is 3.38. The molecule has 7 aromatic carbocycles. The molecular formula is C89H75F12N29O4. The van der Waals surface area contributed by atoms with Crippen molar-refractivity contribution in [3.8, 4) is 33.8 Å². The number of aryl methyl sites for hydroxylation is 4. The topological polar surface area (TPSA) is 373 Å². The number of urea groups is 4. The van der Waals surface area contributed by atoms with Gasteiger partial charge in [0.05, 0.1) is 79.5 Å². The molecule has 4 aliphatic heterocycles. The first-order chi connectivity index (χ1) is 64.2. The normalized spacial score (nSPS) is 13.8. The second-order valence-corrected chi connectivity index (χ2v) is 30.6. The number of aromatic nitrogens is 17. The van der Waals surface area contributed by atoms with Crippen LogP contribution in [0.1, 0.15) is 44.5 Å². The monoisotopic (exact) mass is 1840 g/mol. The number of rotatable bonds is 19. The summed E-state index contributed by atoms with van der Waals surface area (Å²) in [6.07, 6.45) is -0.956. The van der Waals surface area contributed by atoms with E-state index in [0.29, 0.717) is 73.6 Å². The van der Waals surface area contributed by atoms with Gasteiger partial charge in [-0.2, -0.15) is 87.9 Å². The third kappa shape index (κ3) is 21.3. The predicted octanol–water partition coefficient (Wildman–Crippen LogP) is 19.4. The van der Waals surface area contributed by atoms with Crippen molar-refractivity contribution in [3.05, 3.63) is 283 Å². The molecule has 0 atom stereocenters. The Bertz CT molecular complexity index is 6130. The van der Waals surface area contributed by atoms with Crippen molar-refractivity contribution in [3.63, 3.8) is 0 Å². The largest absolute Gasteiger partial charge is 0.405 e. The molecule has 33 nitrogen and oxygen atoms in total. The molecule has 0 saturated carbocycles. The molecule has 15 aromatic rings. The van der Waals surface area contributed by atoms with Gasteiger partial charge in [0, 0.05) is 93.3 Å². The molecular weight excluding hydrogens is 1770 g/mol. The number of halogens is 12. The minimum Gasteiger partial charge on any atom is -0.345 e. The summed E-state index contributed by atoms with van der Waals surface area (Å²) >= 11 is 0. The van der Waals surface area contributed by atoms with Gasteiger partial charge < -0.3 is 26.3 Å². The molecule has 134 heavy (non-hydrogen) atoms. The highest BCUT2D eigenvalue weighted by molar-refractivity contribution is 6.13. The van der Waals surface area contributed by atoms with E-state index >= 15 is 0 Å². The van der Waals surface area contributed by atoms with E-state index in [1.54, 1.807) is 93.0 Å². The SMILES string of the molecule is Cc1ccc(N2Cc3cnc(NCC(F)(F)F)nc3N(c3ccc(-c4cn[nH]c4)cc3)C2=O)cc1.Cc1ccc(N2Cc3cnc(NCC(F)(F)F)nc3N(c3ccc(-c4cnc[nH]4)cc3)C2=O)cc1.Cc1ccc(N2Cc3cnc(NCC(F)(F)F)nc3N(c3ccc(-c4ncn[nH]4)cc3)C2=O)cc1.Cc1ccc(N2Cc3cnc(NCC(F)(F)F)nc3N(c3cn[nH]c3)C2=O)cc1. The van der Waals surface area contributed by atoms with Crippen LogP contribution in [0, 0.1) is 27.7 Å². The van der Waals surface area contributed by atoms with Crippen LogP contribution in [-0.4, -0.2) is 160 Å². The van der Waals surface area contributed by atoms with E-state index in [4.69, 9.17) is 0 Å². The van der Waals surface area contributed by atoms with E-state index in [1.807, 2.05) is 149 Å². The van der Waals surface area contributed by atoms with Gasteiger partial charge in [-0.25, -0.2) is 68.7 Å². The number of carbonyl (C=O) groups excluding carboxylic acids is 4. The number of nitrogens with one attached hydrogen (secondary N) is 8. The van der Waals surface area contributed by atoms with Gasteiger partial charge in [-0.05, 0) is 136 Å². The van der Waals surface area contributed by atoms with Crippen LogP contribution in [0.25, 0.3) is 33.8 Å². The molecule has 684 valence electrons. The molecule has 0 aliphatic carbocycles. The van der Waals surface area contributed by atoms with Crippen molar-refractivity contribution in [2.45, 2.75) is 78.6 Å². The highest BCUT2D eigenvalue weighted by Gasteiger charge is 2.41. The number of H-pyrrole nitrogens is 4. The Morgan fingerprint density at radius 1 is 0.313 bits per heavy atom. The van der Waals surface area contributed by atoms with E-state index in [-0.39, 0.29) is 85.3 Å². The Morgan fingerprint density at radius 2 is 0.612 bits per heavy atom. The number of aromatic amines is 4. The van der Waals surface area contributed by atoms with Crippen LogP contribution >= 0.6 is 0 Å². The summed E-state index contributed by atoms with van der Waals surface area (Å²) in [5.41, 5.74) is 15.4. The number of fused-ring (bicyclic) bond motifs is 4. The molecule has 8 N–H and O–H groups in total. The van der Waals surface area contributed by atoms with E-state index in [9.17, 15) is 71.9 Å². The highest BCUT2D eigenvalue weighted by atomic mass is 19.4. The van der Waals surface area contributed by atoms with Crippen LogP contribution < -0.4 is 60.5 Å². The molecule has 0 spiro atoms. The Kier molecular flexibility index (Phi) is 25.7. The average Bonchev–Trinajstić information content (AvgIpc) is 1.50. The third-order valence-corrected chi connectivity index (χ3v) is 20.8. The van der Waals surface area contributed by atoms with E-state index < -0.39 is 62.9 Å². The molecule has 45 heteroatoms. The van der Waals surface area contributed by atoms with Crippen LogP contribution in [0.4, 0.5) is 164 Å². The van der Waals surface area contributed by atoms with Crippen LogP contribution in [0.5, 0.6) is 0 Å². The highest BCUT2D eigenvalue weighted by Crippen LogP contribution is 2.43. The second kappa shape index (κ2) is 38.0. The number of hydrogen-bond acceptors (Lipinski definition) is 21. The fraction of sp³-hybridized carbons (Fsp3) is 0.180. The maximum Gasteiger partial charge on any atom is 0.405 e. The van der Waals surface area contributed by atoms with Gasteiger partial charge in [-0.1, -0.05) is 95.1 Å². The minimum atomic E-state index is -4.44. The number of benzene rings is 7. The molecule has 0 fully saturated rings. The van der Waals surface area contributed by atoms with Crippen molar-refractivity contribution in [2.24, 2.45) is 0 Å².